The van der Waals surface area contributed by atoms with Crippen LogP contribution in [0.1, 0.15) is 59.4 Å². The fraction of sp³-hybridized carbons (Fsp3) is 0.609. The summed E-state index contributed by atoms with van der Waals surface area (Å²) in [7, 11) is 0. The van der Waals surface area contributed by atoms with E-state index < -0.39 is 12.0 Å². The van der Waals surface area contributed by atoms with Gasteiger partial charge in [-0.1, -0.05) is 39.8 Å². The monoisotopic (exact) mass is 418 g/mol. The van der Waals surface area contributed by atoms with Crippen molar-refractivity contribution in [3.8, 4) is 5.75 Å². The van der Waals surface area contributed by atoms with Gasteiger partial charge in [-0.3, -0.25) is 14.4 Å². The Bertz CT molecular complexity index is 744. The molecule has 0 saturated carbocycles. The number of nitrogens with zero attached hydrogens (tertiary/aromatic N) is 1. The molecule has 0 aromatic heterocycles. The summed E-state index contributed by atoms with van der Waals surface area (Å²) in [6.45, 7) is 10.7. The number of nitrogens with one attached hydrogen (secondary N) is 1. The first-order valence-electron chi connectivity index (χ1n) is 10.7. The van der Waals surface area contributed by atoms with Crippen LogP contribution in [0.5, 0.6) is 5.75 Å². The minimum atomic E-state index is -0.876. The number of amides is 2. The second kappa shape index (κ2) is 10.5. The predicted octanol–water partition coefficient (Wildman–Crippen LogP) is 2.81. The molecular formula is C23H34N2O5. The summed E-state index contributed by atoms with van der Waals surface area (Å²) >= 11 is 0. The lowest BCUT2D eigenvalue weighted by Gasteiger charge is -2.34. The molecule has 1 N–H and O–H groups in total. The summed E-state index contributed by atoms with van der Waals surface area (Å²) in [6.07, 6.45) is 1.32. The Labute approximate surface area is 179 Å². The summed E-state index contributed by atoms with van der Waals surface area (Å²) in [6, 6.07) is 6.84. The summed E-state index contributed by atoms with van der Waals surface area (Å²) in [5.41, 5.74) is 1.28. The average molecular weight is 419 g/mol. The van der Waals surface area contributed by atoms with Crippen LogP contribution in [0.15, 0.2) is 24.3 Å². The molecular weight excluding hydrogens is 384 g/mol. The van der Waals surface area contributed by atoms with E-state index in [4.69, 9.17) is 9.47 Å². The van der Waals surface area contributed by atoms with Gasteiger partial charge in [-0.25, -0.2) is 0 Å². The van der Waals surface area contributed by atoms with E-state index in [1.165, 1.54) is 10.5 Å². The van der Waals surface area contributed by atoms with Crippen LogP contribution in [0.4, 0.5) is 0 Å². The smallest absolute Gasteiger partial charge is 0.308 e. The summed E-state index contributed by atoms with van der Waals surface area (Å²) < 4.78 is 10.9. The standard InChI is InChI=1S/C23H34N2O5/c1-6-16(3)30-21(27)14-19-22(28)24-12-13-25(19)20(26)15-29-18-10-8-17(9-11-18)23(4,5)7-2/h8-11,16,19H,6-7,12-15H2,1-5H3,(H,24,28). The van der Waals surface area contributed by atoms with Gasteiger partial charge in [0.15, 0.2) is 6.61 Å². The first kappa shape index (κ1) is 23.7. The maximum atomic E-state index is 12.7. The normalized spacial score (nSPS) is 17.8. The molecule has 1 heterocycles. The van der Waals surface area contributed by atoms with Crippen LogP contribution in [0.25, 0.3) is 0 Å². The van der Waals surface area contributed by atoms with Crippen LogP contribution in [-0.2, 0) is 24.5 Å². The molecule has 1 fully saturated rings. The van der Waals surface area contributed by atoms with Crippen molar-refractivity contribution in [1.29, 1.82) is 0 Å². The van der Waals surface area contributed by atoms with Crippen LogP contribution in [0, 0.1) is 0 Å². The van der Waals surface area contributed by atoms with E-state index >= 15 is 0 Å². The Balaban J connectivity index is 1.98. The molecule has 166 valence electrons. The lowest BCUT2D eigenvalue weighted by molar-refractivity contribution is -0.155. The molecule has 0 radical (unpaired) electrons. The molecule has 7 nitrogen and oxygen atoms in total. The van der Waals surface area contributed by atoms with Crippen LogP contribution < -0.4 is 10.1 Å². The minimum Gasteiger partial charge on any atom is -0.484 e. The van der Waals surface area contributed by atoms with Gasteiger partial charge in [0, 0.05) is 13.1 Å². The SMILES string of the molecule is CCC(C)OC(=O)CC1C(=O)NCCN1C(=O)COc1ccc(C(C)(C)CC)cc1. The number of piperazine rings is 1. The van der Waals surface area contributed by atoms with Gasteiger partial charge in [-0.15, -0.1) is 0 Å². The third kappa shape index (κ3) is 6.21. The van der Waals surface area contributed by atoms with E-state index in [9.17, 15) is 14.4 Å². The highest BCUT2D eigenvalue weighted by molar-refractivity contribution is 5.92. The fourth-order valence-corrected chi connectivity index (χ4v) is 3.16. The van der Waals surface area contributed by atoms with Gasteiger partial charge in [0.2, 0.25) is 5.91 Å². The topological polar surface area (TPSA) is 84.9 Å². The number of carbonyl (C=O) groups is 3. The summed E-state index contributed by atoms with van der Waals surface area (Å²) in [4.78, 5) is 38.6. The first-order chi connectivity index (χ1) is 14.2. The Morgan fingerprint density at radius 3 is 2.50 bits per heavy atom. The quantitative estimate of drug-likeness (QED) is 0.624. The molecule has 1 aliphatic heterocycles. The molecule has 0 aliphatic carbocycles. The largest absolute Gasteiger partial charge is 0.484 e. The first-order valence-corrected chi connectivity index (χ1v) is 10.7. The Morgan fingerprint density at radius 1 is 1.23 bits per heavy atom. The highest BCUT2D eigenvalue weighted by Crippen LogP contribution is 2.28. The average Bonchev–Trinajstić information content (AvgIpc) is 2.73. The molecule has 1 aliphatic rings. The zero-order valence-electron chi connectivity index (χ0n) is 18.7. The minimum absolute atomic E-state index is 0.0760. The van der Waals surface area contributed by atoms with Crippen molar-refractivity contribution in [2.24, 2.45) is 0 Å². The van der Waals surface area contributed by atoms with Crippen molar-refractivity contribution >= 4 is 17.8 Å². The number of ether oxygens (including phenoxy) is 2. The van der Waals surface area contributed by atoms with Gasteiger partial charge in [0.05, 0.1) is 12.5 Å². The number of esters is 1. The van der Waals surface area contributed by atoms with Gasteiger partial charge in [-0.05, 0) is 42.9 Å². The van der Waals surface area contributed by atoms with Gasteiger partial charge in [0.25, 0.3) is 5.91 Å². The number of benzene rings is 1. The third-order valence-electron chi connectivity index (χ3n) is 5.80. The molecule has 2 unspecified atom stereocenters. The molecule has 1 aromatic carbocycles. The molecule has 2 atom stereocenters. The van der Waals surface area contributed by atoms with Crippen LogP contribution in [0.2, 0.25) is 0 Å². The van der Waals surface area contributed by atoms with Crippen LogP contribution >= 0.6 is 0 Å². The van der Waals surface area contributed by atoms with E-state index in [1.54, 1.807) is 6.92 Å². The number of hydrogen-bond acceptors (Lipinski definition) is 5. The van der Waals surface area contributed by atoms with Crippen molar-refractivity contribution in [3.05, 3.63) is 29.8 Å². The van der Waals surface area contributed by atoms with Gasteiger partial charge in [0.1, 0.15) is 11.8 Å². The van der Waals surface area contributed by atoms with E-state index in [2.05, 4.69) is 26.1 Å². The van der Waals surface area contributed by atoms with Crippen molar-refractivity contribution in [2.75, 3.05) is 19.7 Å². The highest BCUT2D eigenvalue weighted by Gasteiger charge is 2.35. The Hall–Kier alpha value is -2.57. The molecule has 7 heteroatoms. The van der Waals surface area contributed by atoms with Crippen molar-refractivity contribution in [3.63, 3.8) is 0 Å². The molecule has 2 rings (SSSR count). The van der Waals surface area contributed by atoms with Crippen molar-refractivity contribution in [2.45, 2.75) is 71.4 Å². The second-order valence-electron chi connectivity index (χ2n) is 8.36. The van der Waals surface area contributed by atoms with Crippen molar-refractivity contribution in [1.82, 2.24) is 10.2 Å². The maximum Gasteiger partial charge on any atom is 0.308 e. The van der Waals surface area contributed by atoms with Gasteiger partial charge in [-0.2, -0.15) is 0 Å². The fourth-order valence-electron chi connectivity index (χ4n) is 3.16. The van der Waals surface area contributed by atoms with Crippen LogP contribution in [0.3, 0.4) is 0 Å². The van der Waals surface area contributed by atoms with Gasteiger partial charge < -0.3 is 19.7 Å². The van der Waals surface area contributed by atoms with E-state index in [1.807, 2.05) is 31.2 Å². The number of rotatable bonds is 9. The second-order valence-corrected chi connectivity index (χ2v) is 8.36. The lowest BCUT2D eigenvalue weighted by Crippen LogP contribution is -2.58. The molecule has 1 aromatic rings. The summed E-state index contributed by atoms with van der Waals surface area (Å²) in [5.74, 6) is -0.571. The van der Waals surface area contributed by atoms with Crippen molar-refractivity contribution < 1.29 is 23.9 Å². The highest BCUT2D eigenvalue weighted by atomic mass is 16.5. The van der Waals surface area contributed by atoms with E-state index in [0.29, 0.717) is 25.3 Å². The zero-order valence-corrected chi connectivity index (χ0v) is 18.7. The molecule has 1 saturated heterocycles. The van der Waals surface area contributed by atoms with E-state index in [-0.39, 0.29) is 36.4 Å². The Kier molecular flexibility index (Phi) is 8.26. The molecule has 0 spiro atoms. The third-order valence-corrected chi connectivity index (χ3v) is 5.80. The van der Waals surface area contributed by atoms with Gasteiger partial charge >= 0.3 is 5.97 Å². The van der Waals surface area contributed by atoms with E-state index in [0.717, 1.165) is 6.42 Å². The summed E-state index contributed by atoms with van der Waals surface area (Å²) in [5, 5.41) is 2.71. The molecule has 30 heavy (non-hydrogen) atoms. The zero-order chi connectivity index (χ0) is 22.3. The molecule has 2 amide bonds. The maximum absolute atomic E-state index is 12.7. The number of hydrogen-bond donors (Lipinski definition) is 1. The molecule has 0 bridgehead atoms. The predicted molar refractivity (Wildman–Crippen MR) is 114 cm³/mol. The van der Waals surface area contributed by atoms with Crippen LogP contribution in [-0.4, -0.2) is 54.5 Å². The Morgan fingerprint density at radius 2 is 1.90 bits per heavy atom. The number of carbonyl (C=O) groups excluding carboxylic acids is 3. The lowest BCUT2D eigenvalue weighted by atomic mass is 9.82.